The molecule has 0 radical (unpaired) electrons. The third-order valence-electron chi connectivity index (χ3n) is 3.85. The molecule has 0 aliphatic carbocycles. The van der Waals surface area contributed by atoms with Gasteiger partial charge in [-0.15, -0.1) is 5.10 Å². The van der Waals surface area contributed by atoms with E-state index in [1.807, 2.05) is 13.8 Å². The van der Waals surface area contributed by atoms with Crippen LogP contribution in [0.2, 0.25) is 0 Å². The molecular formula is C14H25N5O. The summed E-state index contributed by atoms with van der Waals surface area (Å²) >= 11 is 0. The molecule has 1 aliphatic rings. The Labute approximate surface area is 120 Å². The summed E-state index contributed by atoms with van der Waals surface area (Å²) in [4.78, 5) is 18.8. The Hall–Kier alpha value is -1.43. The van der Waals surface area contributed by atoms with Gasteiger partial charge in [-0.3, -0.25) is 9.89 Å². The van der Waals surface area contributed by atoms with E-state index in [9.17, 15) is 4.79 Å². The summed E-state index contributed by atoms with van der Waals surface area (Å²) in [5, 5.41) is 9.84. The van der Waals surface area contributed by atoms with E-state index in [0.717, 1.165) is 31.8 Å². The summed E-state index contributed by atoms with van der Waals surface area (Å²) in [6, 6.07) is 0.812. The molecule has 6 heteroatoms. The highest BCUT2D eigenvalue weighted by Gasteiger charge is 2.23. The normalized spacial score (nSPS) is 17.9. The van der Waals surface area contributed by atoms with E-state index in [2.05, 4.69) is 39.2 Å². The fourth-order valence-corrected chi connectivity index (χ4v) is 2.44. The maximum Gasteiger partial charge on any atom is 0.291 e. The molecule has 1 aromatic rings. The molecule has 1 fully saturated rings. The summed E-state index contributed by atoms with van der Waals surface area (Å²) in [6.07, 6.45) is 1.98. The highest BCUT2D eigenvalue weighted by molar-refractivity contribution is 5.90. The molecule has 1 amide bonds. The van der Waals surface area contributed by atoms with Gasteiger partial charge in [-0.2, -0.15) is 0 Å². The van der Waals surface area contributed by atoms with Gasteiger partial charge in [0.15, 0.2) is 0 Å². The summed E-state index contributed by atoms with van der Waals surface area (Å²) in [5.41, 5.74) is 0. The second-order valence-electron chi connectivity index (χ2n) is 6.08. The molecule has 2 N–H and O–H groups in total. The fraction of sp³-hybridized carbons (Fsp3) is 0.786. The molecule has 20 heavy (non-hydrogen) atoms. The number of rotatable bonds is 4. The van der Waals surface area contributed by atoms with Crippen molar-refractivity contribution in [3.63, 3.8) is 0 Å². The minimum atomic E-state index is -0.170. The molecular weight excluding hydrogens is 254 g/mol. The second kappa shape index (κ2) is 6.35. The van der Waals surface area contributed by atoms with Crippen LogP contribution < -0.4 is 5.32 Å². The minimum absolute atomic E-state index is 0.170. The van der Waals surface area contributed by atoms with Crippen LogP contribution in [0.15, 0.2) is 0 Å². The average Bonchev–Trinajstić information content (AvgIpc) is 2.89. The lowest BCUT2D eigenvalue weighted by molar-refractivity contribution is 0.0890. The quantitative estimate of drug-likeness (QED) is 0.876. The Balaban J connectivity index is 1.86. The van der Waals surface area contributed by atoms with Crippen molar-refractivity contribution in [3.05, 3.63) is 11.6 Å². The van der Waals surface area contributed by atoms with Gasteiger partial charge in [0, 0.05) is 31.1 Å². The highest BCUT2D eigenvalue weighted by atomic mass is 16.2. The van der Waals surface area contributed by atoms with Gasteiger partial charge in [-0.25, -0.2) is 4.98 Å². The number of H-pyrrole nitrogens is 1. The van der Waals surface area contributed by atoms with Gasteiger partial charge in [0.1, 0.15) is 5.82 Å². The van der Waals surface area contributed by atoms with Crippen molar-refractivity contribution in [3.8, 4) is 0 Å². The molecule has 0 aromatic carbocycles. The Morgan fingerprint density at radius 1 is 1.30 bits per heavy atom. The lowest BCUT2D eigenvalue weighted by Gasteiger charge is -2.34. The van der Waals surface area contributed by atoms with Crippen molar-refractivity contribution in [2.75, 3.05) is 13.1 Å². The SMILES string of the molecule is CC(C)c1nc(C(=O)NC2CCN(C(C)C)CC2)n[nH]1. The lowest BCUT2D eigenvalue weighted by Crippen LogP contribution is -2.46. The molecule has 0 unspecified atom stereocenters. The Bertz CT molecular complexity index is 446. The van der Waals surface area contributed by atoms with Crippen molar-refractivity contribution in [2.45, 2.75) is 58.5 Å². The highest BCUT2D eigenvalue weighted by Crippen LogP contribution is 2.13. The molecule has 2 rings (SSSR count). The van der Waals surface area contributed by atoms with E-state index >= 15 is 0 Å². The van der Waals surface area contributed by atoms with Crippen LogP contribution in [0.3, 0.4) is 0 Å². The molecule has 1 saturated heterocycles. The zero-order valence-corrected chi connectivity index (χ0v) is 12.8. The largest absolute Gasteiger partial charge is 0.346 e. The zero-order chi connectivity index (χ0) is 14.7. The number of likely N-dealkylation sites (tertiary alicyclic amines) is 1. The van der Waals surface area contributed by atoms with Gasteiger partial charge < -0.3 is 10.2 Å². The standard InChI is InChI=1S/C14H25N5O/c1-9(2)12-16-13(18-17-12)14(20)15-11-5-7-19(8-6-11)10(3)4/h9-11H,5-8H2,1-4H3,(H,15,20)(H,16,17,18). The number of nitrogens with one attached hydrogen (secondary N) is 2. The minimum Gasteiger partial charge on any atom is -0.346 e. The molecule has 0 atom stereocenters. The molecule has 0 spiro atoms. The van der Waals surface area contributed by atoms with Crippen LogP contribution in [0.4, 0.5) is 0 Å². The summed E-state index contributed by atoms with van der Waals surface area (Å²) in [6.45, 7) is 10.5. The van der Waals surface area contributed by atoms with E-state index in [1.54, 1.807) is 0 Å². The van der Waals surface area contributed by atoms with Crippen molar-refractivity contribution < 1.29 is 4.79 Å². The van der Waals surface area contributed by atoms with E-state index in [-0.39, 0.29) is 23.7 Å². The summed E-state index contributed by atoms with van der Waals surface area (Å²) in [7, 11) is 0. The molecule has 6 nitrogen and oxygen atoms in total. The number of carbonyl (C=O) groups is 1. The maximum absolute atomic E-state index is 12.1. The first-order chi connectivity index (χ1) is 9.47. The van der Waals surface area contributed by atoms with E-state index in [4.69, 9.17) is 0 Å². The summed E-state index contributed by atoms with van der Waals surface area (Å²) in [5.74, 6) is 1.08. The van der Waals surface area contributed by atoms with Crippen molar-refractivity contribution >= 4 is 5.91 Å². The van der Waals surface area contributed by atoms with Crippen molar-refractivity contribution in [1.82, 2.24) is 25.4 Å². The van der Waals surface area contributed by atoms with Crippen LogP contribution in [-0.4, -0.2) is 51.2 Å². The molecule has 2 heterocycles. The smallest absolute Gasteiger partial charge is 0.291 e. The number of hydrogen-bond donors (Lipinski definition) is 2. The number of piperidine rings is 1. The van der Waals surface area contributed by atoms with E-state index in [1.165, 1.54) is 0 Å². The molecule has 0 saturated carbocycles. The van der Waals surface area contributed by atoms with Gasteiger partial charge in [-0.1, -0.05) is 13.8 Å². The number of aromatic nitrogens is 3. The lowest BCUT2D eigenvalue weighted by atomic mass is 10.0. The predicted molar refractivity (Wildman–Crippen MR) is 77.7 cm³/mol. The van der Waals surface area contributed by atoms with Crippen LogP contribution in [0.25, 0.3) is 0 Å². The number of amides is 1. The van der Waals surface area contributed by atoms with Crippen LogP contribution in [0, 0.1) is 0 Å². The third kappa shape index (κ3) is 3.56. The Morgan fingerprint density at radius 2 is 1.95 bits per heavy atom. The second-order valence-corrected chi connectivity index (χ2v) is 6.08. The van der Waals surface area contributed by atoms with Crippen LogP contribution in [0.1, 0.15) is 62.9 Å². The van der Waals surface area contributed by atoms with Gasteiger partial charge in [0.2, 0.25) is 5.82 Å². The summed E-state index contributed by atoms with van der Waals surface area (Å²) < 4.78 is 0. The van der Waals surface area contributed by atoms with Crippen molar-refractivity contribution in [1.29, 1.82) is 0 Å². The Morgan fingerprint density at radius 3 is 2.45 bits per heavy atom. The fourth-order valence-electron chi connectivity index (χ4n) is 2.44. The maximum atomic E-state index is 12.1. The third-order valence-corrected chi connectivity index (χ3v) is 3.85. The molecule has 0 bridgehead atoms. The van der Waals surface area contributed by atoms with Gasteiger partial charge in [0.25, 0.3) is 5.91 Å². The van der Waals surface area contributed by atoms with Crippen LogP contribution in [0.5, 0.6) is 0 Å². The Kier molecular flexibility index (Phi) is 4.75. The van der Waals surface area contributed by atoms with Gasteiger partial charge in [0.05, 0.1) is 0 Å². The molecule has 112 valence electrons. The van der Waals surface area contributed by atoms with Crippen molar-refractivity contribution in [2.24, 2.45) is 0 Å². The zero-order valence-electron chi connectivity index (χ0n) is 12.8. The number of hydrogen-bond acceptors (Lipinski definition) is 4. The molecule has 1 aromatic heterocycles. The van der Waals surface area contributed by atoms with E-state index in [0.29, 0.717) is 6.04 Å². The van der Waals surface area contributed by atoms with Gasteiger partial charge >= 0.3 is 0 Å². The number of nitrogens with zero attached hydrogens (tertiary/aromatic N) is 3. The van der Waals surface area contributed by atoms with Crippen LogP contribution >= 0.6 is 0 Å². The monoisotopic (exact) mass is 279 g/mol. The predicted octanol–water partition coefficient (Wildman–Crippen LogP) is 1.53. The van der Waals surface area contributed by atoms with Crippen LogP contribution in [-0.2, 0) is 0 Å². The van der Waals surface area contributed by atoms with Gasteiger partial charge in [-0.05, 0) is 26.7 Å². The first-order valence-corrected chi connectivity index (χ1v) is 7.44. The average molecular weight is 279 g/mol. The van der Waals surface area contributed by atoms with E-state index < -0.39 is 0 Å². The topological polar surface area (TPSA) is 73.9 Å². The molecule has 1 aliphatic heterocycles. The number of carbonyl (C=O) groups excluding carboxylic acids is 1. The first-order valence-electron chi connectivity index (χ1n) is 7.44. The first kappa shape index (κ1) is 15.0. The number of aromatic amines is 1.